The Bertz CT molecular complexity index is 334. The molecule has 0 spiro atoms. The minimum atomic E-state index is -3.84. The van der Waals surface area contributed by atoms with Gasteiger partial charge in [-0.2, -0.15) is 0 Å². The van der Waals surface area contributed by atoms with Crippen LogP contribution in [0.3, 0.4) is 0 Å². The van der Waals surface area contributed by atoms with Gasteiger partial charge in [-0.3, -0.25) is 9.05 Å². The van der Waals surface area contributed by atoms with Crippen LogP contribution in [0, 0.1) is 0 Å². The molecule has 0 radical (unpaired) electrons. The number of phosphoric ester groups is 1. The second kappa shape index (κ2) is 18.5. The molecule has 0 saturated heterocycles. The largest absolute Gasteiger partial charge is 0.472 e. The van der Waals surface area contributed by atoms with Crippen molar-refractivity contribution in [1.82, 2.24) is 0 Å². The number of unbranched alkanes of at least 4 members (excludes halogenated alkanes) is 15. The van der Waals surface area contributed by atoms with Gasteiger partial charge in [0.25, 0.3) is 0 Å². The van der Waals surface area contributed by atoms with Gasteiger partial charge in [0, 0.05) is 0 Å². The molecule has 158 valence electrons. The van der Waals surface area contributed by atoms with E-state index in [-0.39, 0.29) is 6.10 Å². The summed E-state index contributed by atoms with van der Waals surface area (Å²) < 4.78 is 21.3. The summed E-state index contributed by atoms with van der Waals surface area (Å²) in [6, 6.07) is 0. The van der Waals surface area contributed by atoms with E-state index in [0.29, 0.717) is 6.61 Å². The van der Waals surface area contributed by atoms with Crippen molar-refractivity contribution in [3.63, 3.8) is 0 Å². The van der Waals surface area contributed by atoms with Crippen LogP contribution in [0.2, 0.25) is 0 Å². The zero-order chi connectivity index (χ0) is 19.5. The van der Waals surface area contributed by atoms with Gasteiger partial charge in [-0.15, -0.1) is 0 Å². The average molecular weight is 393 g/mol. The Balaban J connectivity index is 3.17. The van der Waals surface area contributed by atoms with E-state index in [0.717, 1.165) is 12.8 Å². The van der Waals surface area contributed by atoms with Gasteiger partial charge < -0.3 is 4.89 Å². The fourth-order valence-corrected chi connectivity index (χ4v) is 4.08. The van der Waals surface area contributed by atoms with Gasteiger partial charge in [0.05, 0.1) is 12.7 Å². The summed E-state index contributed by atoms with van der Waals surface area (Å²) in [5.41, 5.74) is 0. The lowest BCUT2D eigenvalue weighted by molar-refractivity contribution is 0.119. The maximum absolute atomic E-state index is 11.5. The fraction of sp³-hybridized carbons (Fsp3) is 1.00. The Hall–Kier alpha value is 0.110. The normalized spacial score (nSPS) is 14.0. The maximum Gasteiger partial charge on any atom is 0.472 e. The summed E-state index contributed by atoms with van der Waals surface area (Å²) in [7, 11) is -3.84. The number of phosphoric acid groups is 1. The topological polar surface area (TPSA) is 55.8 Å². The molecule has 0 aromatic carbocycles. The lowest BCUT2D eigenvalue weighted by Crippen LogP contribution is -2.03. The fourth-order valence-electron chi connectivity index (χ4n) is 3.13. The Morgan fingerprint density at radius 2 is 1.04 bits per heavy atom. The van der Waals surface area contributed by atoms with Gasteiger partial charge in [-0.05, 0) is 20.3 Å². The first-order valence-corrected chi connectivity index (χ1v) is 12.6. The smallest absolute Gasteiger partial charge is 0.302 e. The minimum Gasteiger partial charge on any atom is -0.302 e. The maximum atomic E-state index is 11.5. The molecule has 0 amide bonds. The molecule has 5 heteroatoms. The van der Waals surface area contributed by atoms with Crippen LogP contribution >= 0.6 is 7.82 Å². The van der Waals surface area contributed by atoms with Crippen molar-refractivity contribution in [3.05, 3.63) is 0 Å². The Kier molecular flexibility index (Phi) is 18.6. The number of hydrogen-bond acceptors (Lipinski definition) is 3. The minimum absolute atomic E-state index is 0.295. The summed E-state index contributed by atoms with van der Waals surface area (Å²) >= 11 is 0. The van der Waals surface area contributed by atoms with E-state index >= 15 is 0 Å². The molecule has 0 heterocycles. The van der Waals surface area contributed by atoms with E-state index in [4.69, 9.17) is 9.05 Å². The summed E-state index contributed by atoms with van der Waals surface area (Å²) in [5.74, 6) is 0. The molecule has 0 aromatic heterocycles. The van der Waals surface area contributed by atoms with Crippen LogP contribution in [-0.4, -0.2) is 17.6 Å². The lowest BCUT2D eigenvalue weighted by atomic mass is 10.0. The number of hydrogen-bond donors (Lipinski definition) is 1. The average Bonchev–Trinajstić information content (AvgIpc) is 2.56. The van der Waals surface area contributed by atoms with E-state index in [1.807, 2.05) is 0 Å². The van der Waals surface area contributed by atoms with Crippen molar-refractivity contribution < 1.29 is 18.5 Å². The molecule has 0 aliphatic heterocycles. The van der Waals surface area contributed by atoms with Crippen molar-refractivity contribution in [2.75, 3.05) is 6.61 Å². The van der Waals surface area contributed by atoms with E-state index in [1.165, 1.54) is 89.9 Å². The van der Waals surface area contributed by atoms with Gasteiger partial charge >= 0.3 is 7.82 Å². The molecular formula is C21H45O4P. The van der Waals surface area contributed by atoms with Crippen LogP contribution < -0.4 is 0 Å². The van der Waals surface area contributed by atoms with Gasteiger partial charge in [0.15, 0.2) is 0 Å². The molecule has 4 nitrogen and oxygen atoms in total. The molecule has 0 rings (SSSR count). The monoisotopic (exact) mass is 392 g/mol. The first-order valence-electron chi connectivity index (χ1n) is 11.1. The Labute approximate surface area is 163 Å². The molecule has 1 unspecified atom stereocenters. The molecule has 1 atom stereocenters. The van der Waals surface area contributed by atoms with E-state index in [9.17, 15) is 9.46 Å². The van der Waals surface area contributed by atoms with Gasteiger partial charge in [0.2, 0.25) is 0 Å². The summed E-state index contributed by atoms with van der Waals surface area (Å²) in [6.45, 7) is 6.02. The molecule has 1 N–H and O–H groups in total. The third kappa shape index (κ3) is 20.4. The predicted molar refractivity (Wildman–Crippen MR) is 112 cm³/mol. The molecule has 0 aromatic rings. The van der Waals surface area contributed by atoms with E-state index in [1.54, 1.807) is 13.8 Å². The van der Waals surface area contributed by atoms with Crippen LogP contribution in [0.5, 0.6) is 0 Å². The highest BCUT2D eigenvalue weighted by atomic mass is 31.2. The number of rotatable bonds is 20. The summed E-state index contributed by atoms with van der Waals surface area (Å²) in [5, 5.41) is 0. The van der Waals surface area contributed by atoms with E-state index in [2.05, 4.69) is 6.92 Å². The molecule has 0 aliphatic carbocycles. The first kappa shape index (κ1) is 26.1. The molecule has 0 saturated carbocycles. The summed E-state index contributed by atoms with van der Waals surface area (Å²) in [6.07, 6.45) is 20.7. The molecular weight excluding hydrogens is 347 g/mol. The Morgan fingerprint density at radius 3 is 1.38 bits per heavy atom. The van der Waals surface area contributed by atoms with Gasteiger partial charge in [0.1, 0.15) is 0 Å². The SMILES string of the molecule is CCCCCCCCCCCCCCCCCCOP(=O)(O)OC(C)C. The van der Waals surface area contributed by atoms with Crippen LogP contribution in [0.4, 0.5) is 0 Å². The summed E-state index contributed by atoms with van der Waals surface area (Å²) in [4.78, 5) is 9.42. The third-order valence-corrected chi connectivity index (χ3v) is 5.79. The van der Waals surface area contributed by atoms with E-state index < -0.39 is 7.82 Å². The van der Waals surface area contributed by atoms with Crippen LogP contribution in [0.25, 0.3) is 0 Å². The molecule has 26 heavy (non-hydrogen) atoms. The first-order chi connectivity index (χ1) is 12.5. The van der Waals surface area contributed by atoms with Crippen LogP contribution in [0.15, 0.2) is 0 Å². The van der Waals surface area contributed by atoms with Gasteiger partial charge in [-0.25, -0.2) is 4.57 Å². The molecule has 0 aliphatic rings. The zero-order valence-electron chi connectivity index (χ0n) is 17.7. The molecule has 0 fully saturated rings. The highest BCUT2D eigenvalue weighted by Gasteiger charge is 2.21. The highest BCUT2D eigenvalue weighted by molar-refractivity contribution is 7.47. The van der Waals surface area contributed by atoms with Crippen molar-refractivity contribution >= 4 is 7.82 Å². The van der Waals surface area contributed by atoms with Crippen molar-refractivity contribution in [2.24, 2.45) is 0 Å². The van der Waals surface area contributed by atoms with Crippen molar-refractivity contribution in [2.45, 2.75) is 130 Å². The van der Waals surface area contributed by atoms with Crippen molar-refractivity contribution in [3.8, 4) is 0 Å². The third-order valence-electron chi connectivity index (χ3n) is 4.60. The van der Waals surface area contributed by atoms with Crippen molar-refractivity contribution in [1.29, 1.82) is 0 Å². The Morgan fingerprint density at radius 1 is 0.692 bits per heavy atom. The standard InChI is InChI=1S/C21H45O4P/c1-4-5-6-7-8-9-10-11-12-13-14-15-16-17-18-19-20-24-26(22,23)25-21(2)3/h21H,4-20H2,1-3H3,(H,22,23). The van der Waals surface area contributed by atoms with Crippen LogP contribution in [0.1, 0.15) is 124 Å². The predicted octanol–water partition coefficient (Wildman–Crippen LogP) is 7.79. The highest BCUT2D eigenvalue weighted by Crippen LogP contribution is 2.44. The molecule has 0 bridgehead atoms. The second-order valence-corrected chi connectivity index (χ2v) is 9.17. The second-order valence-electron chi connectivity index (χ2n) is 7.76. The quantitative estimate of drug-likeness (QED) is 0.170. The van der Waals surface area contributed by atoms with Gasteiger partial charge in [-0.1, -0.05) is 103 Å². The lowest BCUT2D eigenvalue weighted by Gasteiger charge is -2.14. The van der Waals surface area contributed by atoms with Crippen LogP contribution in [-0.2, 0) is 13.6 Å². The zero-order valence-corrected chi connectivity index (χ0v) is 18.6.